The van der Waals surface area contributed by atoms with E-state index in [9.17, 15) is 4.79 Å². The molecule has 1 aromatic heterocycles. The van der Waals surface area contributed by atoms with Crippen molar-refractivity contribution in [1.29, 1.82) is 0 Å². The van der Waals surface area contributed by atoms with E-state index in [1.165, 1.54) is 13.3 Å². The Balaban J connectivity index is 3.20. The van der Waals surface area contributed by atoms with E-state index in [0.717, 1.165) is 0 Å². The Morgan fingerprint density at radius 3 is 3.00 bits per heavy atom. The second kappa shape index (κ2) is 3.01. The number of hydrogen-bond acceptors (Lipinski definition) is 4. The van der Waals surface area contributed by atoms with Crippen LogP contribution >= 0.6 is 0 Å². The normalized spacial score (nSPS) is 9.18. The number of nitrogens with zero attached hydrogens (tertiary/aromatic N) is 1. The molecule has 0 saturated carbocycles. The summed E-state index contributed by atoms with van der Waals surface area (Å²) in [6.07, 6.45) is 2.07. The molecule has 0 bridgehead atoms. The van der Waals surface area contributed by atoms with Gasteiger partial charge >= 0.3 is 0 Å². The van der Waals surface area contributed by atoms with Crippen molar-refractivity contribution >= 4 is 12.0 Å². The van der Waals surface area contributed by atoms with Crippen molar-refractivity contribution in [3.8, 4) is 5.75 Å². The Labute approximate surface area is 64.0 Å². The lowest BCUT2D eigenvalue weighted by Gasteiger charge is -2.03. The third-order valence-electron chi connectivity index (χ3n) is 1.31. The van der Waals surface area contributed by atoms with Crippen molar-refractivity contribution in [2.75, 3.05) is 12.8 Å². The van der Waals surface area contributed by atoms with Crippen LogP contribution in [-0.2, 0) is 0 Å². The van der Waals surface area contributed by atoms with Crippen LogP contribution in [0.15, 0.2) is 12.3 Å². The SMILES string of the molecule is COc1ccnc(C=O)c1N. The van der Waals surface area contributed by atoms with Gasteiger partial charge in [0.05, 0.1) is 7.11 Å². The minimum absolute atomic E-state index is 0.212. The summed E-state index contributed by atoms with van der Waals surface area (Å²) >= 11 is 0. The maximum Gasteiger partial charge on any atom is 0.170 e. The number of carbonyl (C=O) groups excluding carboxylic acids is 1. The van der Waals surface area contributed by atoms with Crippen LogP contribution in [0.4, 0.5) is 5.69 Å². The molecule has 58 valence electrons. The summed E-state index contributed by atoms with van der Waals surface area (Å²) in [4.78, 5) is 14.0. The lowest BCUT2D eigenvalue weighted by atomic mass is 10.3. The fraction of sp³-hybridized carbons (Fsp3) is 0.143. The number of aldehydes is 1. The fourth-order valence-corrected chi connectivity index (χ4v) is 0.743. The Kier molecular flexibility index (Phi) is 2.06. The van der Waals surface area contributed by atoms with Gasteiger partial charge < -0.3 is 10.5 Å². The van der Waals surface area contributed by atoms with E-state index in [0.29, 0.717) is 12.0 Å². The Bertz CT molecular complexity index is 273. The number of hydrogen-bond donors (Lipinski definition) is 1. The van der Waals surface area contributed by atoms with Gasteiger partial charge in [-0.25, -0.2) is 0 Å². The van der Waals surface area contributed by atoms with Crippen molar-refractivity contribution in [2.24, 2.45) is 0 Å². The largest absolute Gasteiger partial charge is 0.494 e. The Morgan fingerprint density at radius 1 is 1.73 bits per heavy atom. The highest BCUT2D eigenvalue weighted by atomic mass is 16.5. The number of aromatic nitrogens is 1. The highest BCUT2D eigenvalue weighted by Crippen LogP contribution is 2.20. The summed E-state index contributed by atoms with van der Waals surface area (Å²) in [6.45, 7) is 0. The number of methoxy groups -OCH3 is 1. The molecule has 0 spiro atoms. The number of carbonyl (C=O) groups is 1. The van der Waals surface area contributed by atoms with E-state index >= 15 is 0 Å². The van der Waals surface area contributed by atoms with Crippen LogP contribution in [-0.4, -0.2) is 18.4 Å². The summed E-state index contributed by atoms with van der Waals surface area (Å²) < 4.78 is 4.86. The molecule has 0 aliphatic rings. The summed E-state index contributed by atoms with van der Waals surface area (Å²) in [7, 11) is 1.49. The van der Waals surface area contributed by atoms with Gasteiger partial charge in [0.15, 0.2) is 6.29 Å². The molecule has 0 unspecified atom stereocenters. The van der Waals surface area contributed by atoms with Crippen molar-refractivity contribution in [3.05, 3.63) is 18.0 Å². The topological polar surface area (TPSA) is 65.2 Å². The number of nitrogens with two attached hydrogens (primary N) is 1. The summed E-state index contributed by atoms with van der Waals surface area (Å²) in [5.74, 6) is 0.474. The molecule has 0 radical (unpaired) electrons. The summed E-state index contributed by atoms with van der Waals surface area (Å²) in [6, 6.07) is 1.60. The summed E-state index contributed by atoms with van der Waals surface area (Å²) in [5, 5.41) is 0. The van der Waals surface area contributed by atoms with Gasteiger partial charge in [-0.15, -0.1) is 0 Å². The second-order valence-corrected chi connectivity index (χ2v) is 1.93. The van der Waals surface area contributed by atoms with Crippen molar-refractivity contribution in [3.63, 3.8) is 0 Å². The molecule has 0 fully saturated rings. The van der Waals surface area contributed by atoms with E-state index in [4.69, 9.17) is 10.5 Å². The zero-order valence-corrected chi connectivity index (χ0v) is 6.07. The number of rotatable bonds is 2. The number of ether oxygens (including phenoxy) is 1. The maximum absolute atomic E-state index is 10.3. The molecular weight excluding hydrogens is 144 g/mol. The van der Waals surface area contributed by atoms with Crippen molar-refractivity contribution < 1.29 is 9.53 Å². The first-order chi connectivity index (χ1) is 5.29. The number of anilines is 1. The predicted octanol–water partition coefficient (Wildman–Crippen LogP) is 0.485. The first kappa shape index (κ1) is 7.53. The highest BCUT2D eigenvalue weighted by Gasteiger charge is 2.03. The van der Waals surface area contributed by atoms with Crippen LogP contribution in [0.3, 0.4) is 0 Å². The average Bonchev–Trinajstić information content (AvgIpc) is 2.05. The minimum atomic E-state index is 0.212. The standard InChI is InChI=1S/C7H8N2O2/c1-11-6-2-3-9-5(4-10)7(6)8/h2-4H,8H2,1H3. The third-order valence-corrected chi connectivity index (χ3v) is 1.31. The van der Waals surface area contributed by atoms with Crippen LogP contribution in [0.5, 0.6) is 5.75 Å². The molecule has 4 nitrogen and oxygen atoms in total. The fourth-order valence-electron chi connectivity index (χ4n) is 0.743. The van der Waals surface area contributed by atoms with Gasteiger partial charge in [0.1, 0.15) is 17.1 Å². The molecule has 1 aromatic rings. The van der Waals surface area contributed by atoms with E-state index in [1.54, 1.807) is 6.07 Å². The first-order valence-electron chi connectivity index (χ1n) is 3.03. The molecule has 2 N–H and O–H groups in total. The molecule has 0 aromatic carbocycles. The van der Waals surface area contributed by atoms with Gasteiger partial charge in [0.2, 0.25) is 0 Å². The number of nitrogen functional groups attached to an aromatic ring is 1. The molecule has 1 rings (SSSR count). The zero-order valence-electron chi connectivity index (χ0n) is 6.07. The van der Waals surface area contributed by atoms with Crippen LogP contribution in [0, 0.1) is 0 Å². The van der Waals surface area contributed by atoms with Gasteiger partial charge in [-0.1, -0.05) is 0 Å². The Hall–Kier alpha value is -1.58. The van der Waals surface area contributed by atoms with Gasteiger partial charge in [-0.3, -0.25) is 9.78 Å². The molecule has 11 heavy (non-hydrogen) atoms. The van der Waals surface area contributed by atoms with Gasteiger partial charge in [0, 0.05) is 12.3 Å². The zero-order chi connectivity index (χ0) is 8.27. The average molecular weight is 152 g/mol. The van der Waals surface area contributed by atoms with Crippen LogP contribution in [0.1, 0.15) is 10.5 Å². The van der Waals surface area contributed by atoms with Gasteiger partial charge in [-0.05, 0) is 0 Å². The quantitative estimate of drug-likeness (QED) is 0.626. The van der Waals surface area contributed by atoms with E-state index in [1.807, 2.05) is 0 Å². The summed E-state index contributed by atoms with van der Waals surface area (Å²) in [5.41, 5.74) is 5.98. The number of pyridine rings is 1. The Morgan fingerprint density at radius 2 is 2.45 bits per heavy atom. The van der Waals surface area contributed by atoms with E-state index in [-0.39, 0.29) is 11.4 Å². The van der Waals surface area contributed by atoms with Crippen molar-refractivity contribution in [2.45, 2.75) is 0 Å². The minimum Gasteiger partial charge on any atom is -0.494 e. The van der Waals surface area contributed by atoms with Crippen LogP contribution in [0.25, 0.3) is 0 Å². The molecule has 1 heterocycles. The molecule has 0 amide bonds. The van der Waals surface area contributed by atoms with E-state index in [2.05, 4.69) is 4.98 Å². The first-order valence-corrected chi connectivity index (χ1v) is 3.03. The van der Waals surface area contributed by atoms with Gasteiger partial charge in [-0.2, -0.15) is 0 Å². The molecule has 0 aliphatic carbocycles. The smallest absolute Gasteiger partial charge is 0.170 e. The molecular formula is C7H8N2O2. The van der Waals surface area contributed by atoms with Crippen LogP contribution in [0.2, 0.25) is 0 Å². The maximum atomic E-state index is 10.3. The lowest BCUT2D eigenvalue weighted by Crippen LogP contribution is -1.99. The monoisotopic (exact) mass is 152 g/mol. The third kappa shape index (κ3) is 1.29. The second-order valence-electron chi connectivity index (χ2n) is 1.93. The molecule has 0 saturated heterocycles. The molecule has 0 aliphatic heterocycles. The van der Waals surface area contributed by atoms with Crippen LogP contribution < -0.4 is 10.5 Å². The van der Waals surface area contributed by atoms with Crippen molar-refractivity contribution in [1.82, 2.24) is 4.98 Å². The molecule has 4 heteroatoms. The molecule has 0 atom stereocenters. The predicted molar refractivity (Wildman–Crippen MR) is 40.6 cm³/mol. The lowest BCUT2D eigenvalue weighted by molar-refractivity contribution is 0.111. The van der Waals surface area contributed by atoms with Gasteiger partial charge in [0.25, 0.3) is 0 Å². The highest BCUT2D eigenvalue weighted by molar-refractivity contribution is 5.82. The van der Waals surface area contributed by atoms with E-state index < -0.39 is 0 Å².